The number of nitrogens with two attached hydrogens (primary N) is 1. The minimum atomic E-state index is 0.123. The van der Waals surface area contributed by atoms with Crippen molar-refractivity contribution in [3.8, 4) is 5.75 Å². The Labute approximate surface area is 118 Å². The van der Waals surface area contributed by atoms with Crippen LogP contribution in [-0.4, -0.2) is 10.1 Å². The molecule has 1 aromatic heterocycles. The van der Waals surface area contributed by atoms with Gasteiger partial charge >= 0.3 is 0 Å². The standard InChI is InChI=1S/C15H19N3O2/c1-2-14-17-15(20-18-14)9-19-11-7-6-10-4-3-5-13(16)12(10)8-11/h6-8,13H,2-5,9,16H2,1H3/t13-/m0/s1. The Kier molecular flexibility index (Phi) is 3.69. The van der Waals surface area contributed by atoms with E-state index >= 15 is 0 Å². The van der Waals surface area contributed by atoms with E-state index in [9.17, 15) is 0 Å². The fourth-order valence-corrected chi connectivity index (χ4v) is 2.54. The van der Waals surface area contributed by atoms with Crippen molar-refractivity contribution in [2.45, 2.75) is 45.3 Å². The van der Waals surface area contributed by atoms with Crippen LogP contribution >= 0.6 is 0 Å². The molecule has 1 aromatic carbocycles. The minimum absolute atomic E-state index is 0.123. The molecule has 106 valence electrons. The maximum absolute atomic E-state index is 6.15. The summed E-state index contributed by atoms with van der Waals surface area (Å²) in [6, 6.07) is 6.25. The summed E-state index contributed by atoms with van der Waals surface area (Å²) in [6.45, 7) is 2.28. The SMILES string of the molecule is CCc1noc(COc2ccc3c(c2)[C@@H](N)CCC3)n1. The van der Waals surface area contributed by atoms with E-state index in [0.717, 1.165) is 31.4 Å². The van der Waals surface area contributed by atoms with Crippen molar-refractivity contribution in [1.82, 2.24) is 10.1 Å². The third-order valence-corrected chi connectivity index (χ3v) is 3.67. The van der Waals surface area contributed by atoms with Crippen LogP contribution in [0.5, 0.6) is 5.75 Å². The van der Waals surface area contributed by atoms with Gasteiger partial charge in [-0.1, -0.05) is 18.1 Å². The maximum atomic E-state index is 6.15. The Morgan fingerprint density at radius 1 is 1.45 bits per heavy atom. The van der Waals surface area contributed by atoms with Gasteiger partial charge < -0.3 is 15.0 Å². The summed E-state index contributed by atoms with van der Waals surface area (Å²) in [6.07, 6.45) is 4.07. The first kappa shape index (κ1) is 13.1. The predicted molar refractivity (Wildman–Crippen MR) is 74.3 cm³/mol. The lowest BCUT2D eigenvalue weighted by Crippen LogP contribution is -2.17. The highest BCUT2D eigenvalue weighted by molar-refractivity contribution is 5.39. The lowest BCUT2D eigenvalue weighted by molar-refractivity contribution is 0.242. The molecule has 0 saturated carbocycles. The van der Waals surface area contributed by atoms with Gasteiger partial charge in [-0.15, -0.1) is 0 Å². The first-order chi connectivity index (χ1) is 9.76. The average molecular weight is 273 g/mol. The van der Waals surface area contributed by atoms with Gasteiger partial charge in [-0.2, -0.15) is 4.98 Å². The van der Waals surface area contributed by atoms with Crippen LogP contribution in [0.1, 0.15) is 48.6 Å². The number of ether oxygens (including phenoxy) is 1. The number of hydrogen-bond acceptors (Lipinski definition) is 5. The first-order valence-corrected chi connectivity index (χ1v) is 7.09. The van der Waals surface area contributed by atoms with Gasteiger partial charge in [0.2, 0.25) is 0 Å². The van der Waals surface area contributed by atoms with Crippen molar-refractivity contribution >= 4 is 0 Å². The van der Waals surface area contributed by atoms with Crippen LogP contribution in [0.15, 0.2) is 22.7 Å². The number of fused-ring (bicyclic) bond motifs is 1. The van der Waals surface area contributed by atoms with Crippen molar-refractivity contribution in [1.29, 1.82) is 0 Å². The lowest BCUT2D eigenvalue weighted by atomic mass is 9.88. The summed E-state index contributed by atoms with van der Waals surface area (Å²) in [5, 5.41) is 3.84. The van der Waals surface area contributed by atoms with Gasteiger partial charge in [0.25, 0.3) is 5.89 Å². The molecule has 0 saturated heterocycles. The number of rotatable bonds is 4. The van der Waals surface area contributed by atoms with E-state index in [1.165, 1.54) is 11.1 Å². The Balaban J connectivity index is 1.70. The molecule has 1 atom stereocenters. The highest BCUT2D eigenvalue weighted by Gasteiger charge is 2.17. The molecule has 2 N–H and O–H groups in total. The second-order valence-electron chi connectivity index (χ2n) is 5.11. The molecule has 1 aliphatic carbocycles. The highest BCUT2D eigenvalue weighted by atomic mass is 16.5. The molecule has 0 spiro atoms. The molecule has 1 heterocycles. The second kappa shape index (κ2) is 5.63. The Hall–Kier alpha value is -1.88. The second-order valence-corrected chi connectivity index (χ2v) is 5.11. The fraction of sp³-hybridized carbons (Fsp3) is 0.467. The zero-order valence-corrected chi connectivity index (χ0v) is 11.6. The van der Waals surface area contributed by atoms with E-state index < -0.39 is 0 Å². The molecule has 0 aliphatic heterocycles. The van der Waals surface area contributed by atoms with Crippen LogP contribution < -0.4 is 10.5 Å². The molecule has 0 fully saturated rings. The zero-order valence-electron chi connectivity index (χ0n) is 11.6. The topological polar surface area (TPSA) is 74.2 Å². The number of benzene rings is 1. The quantitative estimate of drug-likeness (QED) is 0.926. The van der Waals surface area contributed by atoms with Crippen LogP contribution in [0.25, 0.3) is 0 Å². The van der Waals surface area contributed by atoms with Crippen molar-refractivity contribution in [3.63, 3.8) is 0 Å². The third kappa shape index (κ3) is 2.67. The van der Waals surface area contributed by atoms with Gasteiger partial charge in [-0.3, -0.25) is 0 Å². The largest absolute Gasteiger partial charge is 0.484 e. The van der Waals surface area contributed by atoms with Gasteiger partial charge in [0.1, 0.15) is 5.75 Å². The molecular formula is C15H19N3O2. The van der Waals surface area contributed by atoms with E-state index in [1.54, 1.807) is 0 Å². The Morgan fingerprint density at radius 2 is 2.35 bits per heavy atom. The van der Waals surface area contributed by atoms with Gasteiger partial charge in [-0.05, 0) is 42.5 Å². The van der Waals surface area contributed by atoms with Gasteiger partial charge in [0.05, 0.1) is 0 Å². The Morgan fingerprint density at radius 3 is 3.15 bits per heavy atom. The Bertz CT molecular complexity index is 595. The highest BCUT2D eigenvalue weighted by Crippen LogP contribution is 2.31. The molecule has 1 aliphatic rings. The van der Waals surface area contributed by atoms with Crippen LogP contribution in [0.3, 0.4) is 0 Å². The normalized spacial score (nSPS) is 17.8. The van der Waals surface area contributed by atoms with Gasteiger partial charge in [0.15, 0.2) is 12.4 Å². The molecule has 0 unspecified atom stereocenters. The molecule has 2 aromatic rings. The van der Waals surface area contributed by atoms with E-state index in [2.05, 4.69) is 16.2 Å². The fourth-order valence-electron chi connectivity index (χ4n) is 2.54. The third-order valence-electron chi connectivity index (χ3n) is 3.67. The molecular weight excluding hydrogens is 254 g/mol. The predicted octanol–water partition coefficient (Wildman–Crippen LogP) is 2.55. The van der Waals surface area contributed by atoms with E-state index in [4.69, 9.17) is 15.0 Å². The molecule has 0 bridgehead atoms. The average Bonchev–Trinajstić information content (AvgIpc) is 2.94. The summed E-state index contributed by atoms with van der Waals surface area (Å²) < 4.78 is 10.8. The zero-order chi connectivity index (χ0) is 13.9. The summed E-state index contributed by atoms with van der Waals surface area (Å²) in [4.78, 5) is 4.22. The van der Waals surface area contributed by atoms with Crippen LogP contribution in [0.2, 0.25) is 0 Å². The number of aromatic nitrogens is 2. The molecule has 5 heteroatoms. The van der Waals surface area contributed by atoms with Crippen molar-refractivity contribution < 1.29 is 9.26 Å². The van der Waals surface area contributed by atoms with Crippen LogP contribution in [0.4, 0.5) is 0 Å². The van der Waals surface area contributed by atoms with Crippen molar-refractivity contribution in [3.05, 3.63) is 41.0 Å². The summed E-state index contributed by atoms with van der Waals surface area (Å²) in [5.41, 5.74) is 8.69. The smallest absolute Gasteiger partial charge is 0.264 e. The molecule has 0 amide bonds. The molecule has 5 nitrogen and oxygen atoms in total. The van der Waals surface area contributed by atoms with E-state index in [1.807, 2.05) is 19.1 Å². The summed E-state index contributed by atoms with van der Waals surface area (Å²) >= 11 is 0. The minimum Gasteiger partial charge on any atom is -0.484 e. The van der Waals surface area contributed by atoms with Crippen molar-refractivity contribution in [2.75, 3.05) is 0 Å². The van der Waals surface area contributed by atoms with Crippen molar-refractivity contribution in [2.24, 2.45) is 5.73 Å². The first-order valence-electron chi connectivity index (χ1n) is 7.09. The number of aryl methyl sites for hydroxylation is 2. The molecule has 3 rings (SSSR count). The molecule has 20 heavy (non-hydrogen) atoms. The van der Waals surface area contributed by atoms with Crippen LogP contribution in [0, 0.1) is 0 Å². The summed E-state index contributed by atoms with van der Waals surface area (Å²) in [5.74, 6) is 2.01. The lowest BCUT2D eigenvalue weighted by Gasteiger charge is -2.22. The van der Waals surface area contributed by atoms with Gasteiger partial charge in [-0.25, -0.2) is 0 Å². The van der Waals surface area contributed by atoms with E-state index in [-0.39, 0.29) is 6.04 Å². The number of nitrogens with zero attached hydrogens (tertiary/aromatic N) is 2. The number of hydrogen-bond donors (Lipinski definition) is 1. The van der Waals surface area contributed by atoms with Gasteiger partial charge in [0, 0.05) is 12.5 Å². The monoisotopic (exact) mass is 273 g/mol. The maximum Gasteiger partial charge on any atom is 0.264 e. The summed E-state index contributed by atoms with van der Waals surface area (Å²) in [7, 11) is 0. The van der Waals surface area contributed by atoms with Crippen LogP contribution in [-0.2, 0) is 19.4 Å². The molecule has 0 radical (unpaired) electrons. The van der Waals surface area contributed by atoms with E-state index in [0.29, 0.717) is 18.3 Å².